The maximum Gasteiger partial charge on any atom is 0.264 e. The summed E-state index contributed by atoms with van der Waals surface area (Å²) in [6.45, 7) is 9.15. The molecule has 1 atom stereocenters. The SMILES string of the molecule is Cc1ccc(S(=O)(=O)N(CC(=O)N(Cc2cccc(Cl)c2)C(C)C(=O)NCC(C)C)c2ccc(Cl)cc2C)cc1. The van der Waals surface area contributed by atoms with E-state index in [9.17, 15) is 18.0 Å². The van der Waals surface area contributed by atoms with Crippen molar-refractivity contribution in [2.75, 3.05) is 17.4 Å². The normalized spacial score (nSPS) is 12.2. The number of benzene rings is 3. The molecule has 0 aliphatic carbocycles. The summed E-state index contributed by atoms with van der Waals surface area (Å²) in [7, 11) is -4.16. The first-order chi connectivity index (χ1) is 18.8. The molecule has 10 heteroatoms. The van der Waals surface area contributed by atoms with Crippen molar-refractivity contribution < 1.29 is 18.0 Å². The van der Waals surface area contributed by atoms with E-state index in [1.807, 2.05) is 20.8 Å². The molecule has 214 valence electrons. The smallest absolute Gasteiger partial charge is 0.264 e. The number of carbonyl (C=O) groups is 2. The molecule has 0 saturated carbocycles. The van der Waals surface area contributed by atoms with Gasteiger partial charge in [0.15, 0.2) is 0 Å². The van der Waals surface area contributed by atoms with Crippen LogP contribution < -0.4 is 9.62 Å². The number of rotatable bonds is 11. The number of hydrogen-bond donors (Lipinski definition) is 1. The molecule has 0 aliphatic heterocycles. The molecule has 0 spiro atoms. The van der Waals surface area contributed by atoms with Crippen LogP contribution in [0.3, 0.4) is 0 Å². The van der Waals surface area contributed by atoms with Gasteiger partial charge in [-0.1, -0.05) is 66.9 Å². The molecule has 1 unspecified atom stereocenters. The van der Waals surface area contributed by atoms with Gasteiger partial charge in [-0.3, -0.25) is 13.9 Å². The Morgan fingerprint density at radius 1 is 0.900 bits per heavy atom. The highest BCUT2D eigenvalue weighted by Crippen LogP contribution is 2.29. The highest BCUT2D eigenvalue weighted by atomic mass is 35.5. The molecule has 7 nitrogen and oxygen atoms in total. The molecule has 0 heterocycles. The molecule has 2 amide bonds. The van der Waals surface area contributed by atoms with Crippen molar-refractivity contribution in [2.24, 2.45) is 5.92 Å². The molecule has 3 aromatic rings. The van der Waals surface area contributed by atoms with Crippen LogP contribution in [0.1, 0.15) is 37.5 Å². The number of hydrogen-bond acceptors (Lipinski definition) is 4. The Bertz CT molecular complexity index is 1460. The van der Waals surface area contributed by atoms with Crippen LogP contribution in [0.5, 0.6) is 0 Å². The topological polar surface area (TPSA) is 86.8 Å². The van der Waals surface area contributed by atoms with E-state index in [-0.39, 0.29) is 23.3 Å². The van der Waals surface area contributed by atoms with E-state index in [4.69, 9.17) is 23.2 Å². The van der Waals surface area contributed by atoms with Crippen molar-refractivity contribution in [3.63, 3.8) is 0 Å². The van der Waals surface area contributed by atoms with Gasteiger partial charge in [-0.2, -0.15) is 0 Å². The molecule has 0 fully saturated rings. The third kappa shape index (κ3) is 7.99. The van der Waals surface area contributed by atoms with Gasteiger partial charge < -0.3 is 10.2 Å². The van der Waals surface area contributed by atoms with Crippen LogP contribution in [0.25, 0.3) is 0 Å². The second-order valence-electron chi connectivity index (χ2n) is 10.2. The van der Waals surface area contributed by atoms with E-state index in [2.05, 4.69) is 5.32 Å². The highest BCUT2D eigenvalue weighted by molar-refractivity contribution is 7.92. The van der Waals surface area contributed by atoms with Gasteiger partial charge in [-0.15, -0.1) is 0 Å². The summed E-state index contributed by atoms with van der Waals surface area (Å²) in [5, 5.41) is 3.80. The fourth-order valence-corrected chi connectivity index (χ4v) is 6.03. The minimum atomic E-state index is -4.16. The number of halogens is 2. The summed E-state index contributed by atoms with van der Waals surface area (Å²) < 4.78 is 29.0. The minimum absolute atomic E-state index is 0.0457. The predicted molar refractivity (Wildman–Crippen MR) is 161 cm³/mol. The number of amides is 2. The third-order valence-corrected chi connectivity index (χ3v) is 8.65. The van der Waals surface area contributed by atoms with Crippen LogP contribution in [0.15, 0.2) is 71.6 Å². The van der Waals surface area contributed by atoms with Crippen molar-refractivity contribution in [1.82, 2.24) is 10.2 Å². The molecule has 40 heavy (non-hydrogen) atoms. The van der Waals surface area contributed by atoms with Crippen molar-refractivity contribution >= 4 is 50.7 Å². The van der Waals surface area contributed by atoms with Crippen LogP contribution in [-0.2, 0) is 26.2 Å². The first-order valence-electron chi connectivity index (χ1n) is 13.0. The van der Waals surface area contributed by atoms with E-state index in [0.717, 1.165) is 9.87 Å². The Balaban J connectivity index is 2.05. The second-order valence-corrected chi connectivity index (χ2v) is 13.0. The predicted octanol–water partition coefficient (Wildman–Crippen LogP) is 6.00. The van der Waals surface area contributed by atoms with E-state index >= 15 is 0 Å². The standard InChI is InChI=1S/C30H35Cl2N3O4S/c1-20(2)17-33-30(37)23(5)34(18-24-7-6-8-25(31)16-24)29(36)19-35(28-14-11-26(32)15-22(28)4)40(38,39)27-12-9-21(3)10-13-27/h6-16,20,23H,17-19H2,1-5H3,(H,33,37). The molecule has 1 N–H and O–H groups in total. The first-order valence-corrected chi connectivity index (χ1v) is 15.2. The van der Waals surface area contributed by atoms with Gasteiger partial charge >= 0.3 is 0 Å². The zero-order valence-corrected chi connectivity index (χ0v) is 25.6. The summed E-state index contributed by atoms with van der Waals surface area (Å²) in [5.74, 6) is -0.659. The molecular weight excluding hydrogens is 569 g/mol. The third-order valence-electron chi connectivity index (χ3n) is 6.41. The lowest BCUT2D eigenvalue weighted by molar-refractivity contribution is -0.139. The molecule has 0 aromatic heterocycles. The minimum Gasteiger partial charge on any atom is -0.354 e. The maximum absolute atomic E-state index is 14.0. The fourth-order valence-electron chi connectivity index (χ4n) is 4.12. The van der Waals surface area contributed by atoms with Crippen molar-refractivity contribution in [2.45, 2.75) is 52.1 Å². The second kappa shape index (κ2) is 13.5. The Morgan fingerprint density at radius 2 is 1.55 bits per heavy atom. The maximum atomic E-state index is 14.0. The lowest BCUT2D eigenvalue weighted by Crippen LogP contribution is -2.51. The molecule has 0 aliphatic rings. The van der Waals surface area contributed by atoms with E-state index < -0.39 is 28.5 Å². The zero-order valence-electron chi connectivity index (χ0n) is 23.3. The van der Waals surface area contributed by atoms with Crippen LogP contribution in [0, 0.1) is 19.8 Å². The number of nitrogens with zero attached hydrogens (tertiary/aromatic N) is 2. The largest absolute Gasteiger partial charge is 0.354 e. The summed E-state index contributed by atoms with van der Waals surface area (Å²) in [6, 6.07) is 17.4. The van der Waals surface area contributed by atoms with Crippen molar-refractivity contribution in [3.05, 3.63) is 93.5 Å². The Morgan fingerprint density at radius 3 is 2.15 bits per heavy atom. The van der Waals surface area contributed by atoms with E-state index in [1.54, 1.807) is 68.4 Å². The van der Waals surface area contributed by atoms with Crippen LogP contribution in [-0.4, -0.2) is 44.3 Å². The fraction of sp³-hybridized carbons (Fsp3) is 0.333. The lowest BCUT2D eigenvalue weighted by atomic mass is 10.1. The Kier molecular flexibility index (Phi) is 10.6. The Labute approximate surface area is 247 Å². The molecule has 3 aromatic carbocycles. The van der Waals surface area contributed by atoms with Crippen molar-refractivity contribution in [3.8, 4) is 0 Å². The van der Waals surface area contributed by atoms with E-state index in [0.29, 0.717) is 33.4 Å². The van der Waals surface area contributed by atoms with Gasteiger partial charge in [0.25, 0.3) is 10.0 Å². The van der Waals surface area contributed by atoms with Gasteiger partial charge in [0.2, 0.25) is 11.8 Å². The molecule has 0 bridgehead atoms. The number of sulfonamides is 1. The van der Waals surface area contributed by atoms with Crippen molar-refractivity contribution in [1.29, 1.82) is 0 Å². The molecular formula is C30H35Cl2N3O4S. The average Bonchev–Trinajstić information content (AvgIpc) is 2.89. The molecule has 3 rings (SSSR count). The van der Waals surface area contributed by atoms with Gasteiger partial charge in [0, 0.05) is 23.1 Å². The van der Waals surface area contributed by atoms with Gasteiger partial charge in [-0.25, -0.2) is 8.42 Å². The lowest BCUT2D eigenvalue weighted by Gasteiger charge is -2.32. The zero-order chi connectivity index (χ0) is 29.6. The number of aryl methyl sites for hydroxylation is 2. The van der Waals surface area contributed by atoms with Crippen LogP contribution >= 0.6 is 23.2 Å². The van der Waals surface area contributed by atoms with Crippen LogP contribution in [0.2, 0.25) is 10.0 Å². The number of nitrogens with one attached hydrogen (secondary N) is 1. The van der Waals surface area contributed by atoms with Gasteiger partial charge in [0.05, 0.1) is 10.6 Å². The summed E-state index contributed by atoms with van der Waals surface area (Å²) >= 11 is 12.3. The first kappa shape index (κ1) is 31.5. The molecule has 0 saturated heterocycles. The van der Waals surface area contributed by atoms with Gasteiger partial charge in [0.1, 0.15) is 12.6 Å². The molecule has 0 radical (unpaired) electrons. The van der Waals surface area contributed by atoms with Gasteiger partial charge in [-0.05, 0) is 80.3 Å². The number of carbonyl (C=O) groups excluding carboxylic acids is 2. The highest BCUT2D eigenvalue weighted by Gasteiger charge is 2.33. The van der Waals surface area contributed by atoms with Crippen LogP contribution in [0.4, 0.5) is 5.69 Å². The summed E-state index contributed by atoms with van der Waals surface area (Å²) in [5.41, 5.74) is 2.51. The Hall–Kier alpha value is -3.07. The number of anilines is 1. The summed E-state index contributed by atoms with van der Waals surface area (Å²) in [4.78, 5) is 28.5. The monoisotopic (exact) mass is 603 g/mol. The quantitative estimate of drug-likeness (QED) is 0.291. The summed E-state index contributed by atoms with van der Waals surface area (Å²) in [6.07, 6.45) is 0. The average molecular weight is 605 g/mol. The van der Waals surface area contributed by atoms with E-state index in [1.165, 1.54) is 17.0 Å².